The van der Waals surface area contributed by atoms with Gasteiger partial charge in [-0.2, -0.15) is 0 Å². The van der Waals surface area contributed by atoms with Crippen LogP contribution in [0.5, 0.6) is 5.75 Å². The maximum absolute atomic E-state index is 13.9. The Hall–Kier alpha value is -2.03. The minimum Gasteiger partial charge on any atom is -0.494 e. The van der Waals surface area contributed by atoms with E-state index in [1.165, 1.54) is 13.2 Å². The number of aliphatic imine (C=N–C) groups is 1. The molecule has 0 fully saturated rings. The molecule has 2 rings (SSSR count). The number of hydrogen-bond acceptors (Lipinski definition) is 3. The summed E-state index contributed by atoms with van der Waals surface area (Å²) in [7, 11) is 1.45. The van der Waals surface area contributed by atoms with E-state index in [1.807, 2.05) is 25.1 Å². The first kappa shape index (κ1) is 22.0. The molecule has 0 aliphatic heterocycles. The van der Waals surface area contributed by atoms with Crippen molar-refractivity contribution in [3.63, 3.8) is 0 Å². The molecule has 0 aliphatic rings. The molecule has 0 saturated carbocycles. The number of hydrogen-bond donors (Lipinski definition) is 2. The first-order valence-electron chi connectivity index (χ1n) is 8.15. The third kappa shape index (κ3) is 6.70. The molecular formula is C19H25FIN3O2. The summed E-state index contributed by atoms with van der Waals surface area (Å²) >= 11 is 0. The summed E-state index contributed by atoms with van der Waals surface area (Å²) in [5.74, 6) is 1.37. The van der Waals surface area contributed by atoms with Crippen LogP contribution >= 0.6 is 24.0 Å². The summed E-state index contributed by atoms with van der Waals surface area (Å²) in [5, 5.41) is 6.43. The maximum Gasteiger partial charge on any atom is 0.191 e. The average molecular weight is 473 g/mol. The molecule has 0 radical (unpaired) electrons. The predicted molar refractivity (Wildman–Crippen MR) is 113 cm³/mol. The van der Waals surface area contributed by atoms with Crippen LogP contribution in [0.1, 0.15) is 24.3 Å². The molecule has 2 aromatic rings. The van der Waals surface area contributed by atoms with Gasteiger partial charge in [0, 0.05) is 19.5 Å². The van der Waals surface area contributed by atoms with Crippen molar-refractivity contribution in [2.24, 2.45) is 4.99 Å². The van der Waals surface area contributed by atoms with Gasteiger partial charge in [0.15, 0.2) is 17.5 Å². The monoisotopic (exact) mass is 473 g/mol. The lowest BCUT2D eigenvalue weighted by molar-refractivity contribution is 0.386. The lowest BCUT2D eigenvalue weighted by Gasteiger charge is -2.18. The van der Waals surface area contributed by atoms with Gasteiger partial charge in [-0.1, -0.05) is 12.1 Å². The number of guanidine groups is 1. The van der Waals surface area contributed by atoms with Crippen molar-refractivity contribution in [2.45, 2.75) is 19.4 Å². The van der Waals surface area contributed by atoms with E-state index in [0.29, 0.717) is 25.5 Å². The van der Waals surface area contributed by atoms with E-state index in [1.54, 1.807) is 18.4 Å². The van der Waals surface area contributed by atoms with Crippen LogP contribution in [0.3, 0.4) is 0 Å². The molecule has 0 saturated heterocycles. The van der Waals surface area contributed by atoms with Crippen LogP contribution in [-0.2, 0) is 6.42 Å². The minimum absolute atomic E-state index is 0. The Bertz CT molecular complexity index is 705. The molecule has 5 nitrogen and oxygen atoms in total. The lowest BCUT2D eigenvalue weighted by atomic mass is 10.1. The molecular weight excluding hydrogens is 448 g/mol. The zero-order valence-corrected chi connectivity index (χ0v) is 17.3. The third-order valence-corrected chi connectivity index (χ3v) is 3.65. The average Bonchev–Trinajstić information content (AvgIpc) is 3.12. The van der Waals surface area contributed by atoms with Crippen molar-refractivity contribution in [1.29, 1.82) is 0 Å². The number of halogens is 2. The summed E-state index contributed by atoms with van der Waals surface area (Å²) in [4.78, 5) is 4.53. The highest BCUT2D eigenvalue weighted by Crippen LogP contribution is 2.21. The third-order valence-electron chi connectivity index (χ3n) is 3.65. The minimum atomic E-state index is -0.385. The first-order valence-corrected chi connectivity index (χ1v) is 8.15. The zero-order valence-electron chi connectivity index (χ0n) is 15.0. The Labute approximate surface area is 170 Å². The van der Waals surface area contributed by atoms with Crippen LogP contribution in [0, 0.1) is 5.82 Å². The fourth-order valence-electron chi connectivity index (χ4n) is 2.29. The van der Waals surface area contributed by atoms with Gasteiger partial charge in [0.25, 0.3) is 0 Å². The van der Waals surface area contributed by atoms with E-state index in [0.717, 1.165) is 11.3 Å². The molecule has 2 N–H and O–H groups in total. The molecule has 1 heterocycles. The summed E-state index contributed by atoms with van der Waals surface area (Å²) in [5.41, 5.74) is 0.803. The Morgan fingerprint density at radius 2 is 2.23 bits per heavy atom. The molecule has 26 heavy (non-hydrogen) atoms. The summed E-state index contributed by atoms with van der Waals surface area (Å²) in [6, 6.07) is 8.56. The normalized spacial score (nSPS) is 12.0. The highest BCUT2D eigenvalue weighted by molar-refractivity contribution is 14.0. The maximum atomic E-state index is 13.9. The highest BCUT2D eigenvalue weighted by Gasteiger charge is 2.11. The SMILES string of the molecule is C=CCNC(=NCCc1ccco1)NC(C)c1ccc(OC)c(F)c1.I. The summed E-state index contributed by atoms with van der Waals surface area (Å²) in [6.45, 7) is 6.79. The standard InChI is InChI=1S/C19H24FN3O2.HI/c1-4-10-21-19(22-11-9-16-6-5-12-25-16)23-14(2)15-7-8-18(24-3)17(20)13-15;/h4-8,12-14H,1,9-11H2,2-3H3,(H2,21,22,23);1H. The van der Waals surface area contributed by atoms with Crippen LogP contribution in [0.25, 0.3) is 0 Å². The van der Waals surface area contributed by atoms with E-state index in [9.17, 15) is 4.39 Å². The second kappa shape index (κ2) is 11.6. The quantitative estimate of drug-likeness (QED) is 0.263. The van der Waals surface area contributed by atoms with Crippen LogP contribution < -0.4 is 15.4 Å². The molecule has 0 aliphatic carbocycles. The molecule has 142 valence electrons. The molecule has 1 aromatic heterocycles. The van der Waals surface area contributed by atoms with E-state index >= 15 is 0 Å². The first-order chi connectivity index (χ1) is 12.1. The van der Waals surface area contributed by atoms with Crippen molar-refractivity contribution in [2.75, 3.05) is 20.2 Å². The van der Waals surface area contributed by atoms with Crippen LogP contribution in [0.4, 0.5) is 4.39 Å². The van der Waals surface area contributed by atoms with Crippen molar-refractivity contribution in [1.82, 2.24) is 10.6 Å². The van der Waals surface area contributed by atoms with Crippen LogP contribution in [0.15, 0.2) is 58.7 Å². The number of nitrogens with one attached hydrogen (secondary N) is 2. The Balaban J connectivity index is 0.00000338. The van der Waals surface area contributed by atoms with E-state index in [-0.39, 0.29) is 41.6 Å². The van der Waals surface area contributed by atoms with Crippen molar-refractivity contribution >= 4 is 29.9 Å². The van der Waals surface area contributed by atoms with Gasteiger partial charge in [0.05, 0.1) is 19.4 Å². The van der Waals surface area contributed by atoms with Gasteiger partial charge in [-0.25, -0.2) is 4.39 Å². The second-order valence-electron chi connectivity index (χ2n) is 5.49. The van der Waals surface area contributed by atoms with Gasteiger partial charge in [-0.3, -0.25) is 4.99 Å². The number of benzene rings is 1. The number of ether oxygens (including phenoxy) is 1. The largest absolute Gasteiger partial charge is 0.494 e. The van der Waals surface area contributed by atoms with Gasteiger partial charge < -0.3 is 19.8 Å². The van der Waals surface area contributed by atoms with Crippen LogP contribution in [0.2, 0.25) is 0 Å². The molecule has 0 bridgehead atoms. The van der Waals surface area contributed by atoms with E-state index in [2.05, 4.69) is 22.2 Å². The van der Waals surface area contributed by atoms with Crippen LogP contribution in [-0.4, -0.2) is 26.2 Å². The van der Waals surface area contributed by atoms with E-state index < -0.39 is 0 Å². The Morgan fingerprint density at radius 1 is 1.42 bits per heavy atom. The van der Waals surface area contributed by atoms with Gasteiger partial charge in [-0.05, 0) is 36.8 Å². The fraction of sp³-hybridized carbons (Fsp3) is 0.316. The van der Waals surface area contributed by atoms with Crippen molar-refractivity contribution in [3.8, 4) is 5.75 Å². The Morgan fingerprint density at radius 3 is 2.85 bits per heavy atom. The smallest absolute Gasteiger partial charge is 0.191 e. The molecule has 1 atom stereocenters. The number of nitrogens with zero attached hydrogens (tertiary/aromatic N) is 1. The lowest BCUT2D eigenvalue weighted by Crippen LogP contribution is -2.39. The second-order valence-corrected chi connectivity index (χ2v) is 5.49. The summed E-state index contributed by atoms with van der Waals surface area (Å²) < 4.78 is 24.1. The highest BCUT2D eigenvalue weighted by atomic mass is 127. The molecule has 1 unspecified atom stereocenters. The zero-order chi connectivity index (χ0) is 18.1. The molecule has 0 spiro atoms. The molecule has 0 amide bonds. The topological polar surface area (TPSA) is 58.8 Å². The molecule has 1 aromatic carbocycles. The number of methoxy groups -OCH3 is 1. The summed E-state index contributed by atoms with van der Waals surface area (Å²) in [6.07, 6.45) is 4.11. The predicted octanol–water partition coefficient (Wildman–Crippen LogP) is 4.07. The number of rotatable bonds is 8. The molecule has 7 heteroatoms. The van der Waals surface area contributed by atoms with Gasteiger partial charge >= 0.3 is 0 Å². The Kier molecular flexibility index (Phi) is 9.79. The van der Waals surface area contributed by atoms with Crippen molar-refractivity contribution < 1.29 is 13.5 Å². The fourth-order valence-corrected chi connectivity index (χ4v) is 2.29. The van der Waals surface area contributed by atoms with Gasteiger partial charge in [-0.15, -0.1) is 30.6 Å². The van der Waals surface area contributed by atoms with Gasteiger partial charge in [0.2, 0.25) is 0 Å². The van der Waals surface area contributed by atoms with Crippen molar-refractivity contribution in [3.05, 3.63) is 66.4 Å². The van der Waals surface area contributed by atoms with Gasteiger partial charge in [0.1, 0.15) is 5.76 Å². The van der Waals surface area contributed by atoms with E-state index in [4.69, 9.17) is 9.15 Å². The number of furan rings is 1.